The van der Waals surface area contributed by atoms with E-state index in [1.165, 1.54) is 31.4 Å². The molecule has 0 aromatic heterocycles. The summed E-state index contributed by atoms with van der Waals surface area (Å²) in [5.41, 5.74) is 0. The van der Waals surface area contributed by atoms with Gasteiger partial charge in [0.25, 0.3) is 0 Å². The smallest absolute Gasteiger partial charge is 0.314 e. The van der Waals surface area contributed by atoms with Crippen LogP contribution in [0.3, 0.4) is 0 Å². The molecule has 2 rings (SSSR count). The first-order chi connectivity index (χ1) is 11.6. The molecule has 24 heavy (non-hydrogen) atoms. The van der Waals surface area contributed by atoms with Gasteiger partial charge in [-0.05, 0) is 50.7 Å². The van der Waals surface area contributed by atoms with Gasteiger partial charge in [0.15, 0.2) is 11.5 Å². The number of esters is 1. The van der Waals surface area contributed by atoms with Crippen molar-refractivity contribution in [3.05, 3.63) is 23.8 Å². The zero-order valence-corrected chi connectivity index (χ0v) is 14.4. The summed E-state index contributed by atoms with van der Waals surface area (Å²) in [7, 11) is 0. The molecule has 1 aromatic rings. The van der Waals surface area contributed by atoms with Gasteiger partial charge in [-0.25, -0.2) is 0 Å². The predicted octanol–water partition coefficient (Wildman–Crippen LogP) is 5.27. The molecule has 3 nitrogen and oxygen atoms in total. The molecule has 0 aliphatic heterocycles. The van der Waals surface area contributed by atoms with Crippen molar-refractivity contribution in [2.24, 2.45) is 11.8 Å². The number of hydrogen-bond acceptors (Lipinski definition) is 3. The Morgan fingerprint density at radius 3 is 2.33 bits per heavy atom. The Morgan fingerprint density at radius 2 is 1.71 bits per heavy atom. The Hall–Kier alpha value is -1.65. The van der Waals surface area contributed by atoms with E-state index in [-0.39, 0.29) is 24.0 Å². The van der Waals surface area contributed by atoms with Crippen LogP contribution in [-0.2, 0) is 4.79 Å². The van der Waals surface area contributed by atoms with Gasteiger partial charge in [-0.3, -0.25) is 4.79 Å². The highest BCUT2D eigenvalue weighted by atomic mass is 19.2. The lowest BCUT2D eigenvalue weighted by atomic mass is 9.80. The third-order valence-electron chi connectivity index (χ3n) is 4.67. The van der Waals surface area contributed by atoms with Crippen LogP contribution in [0.5, 0.6) is 11.5 Å². The molecule has 1 fully saturated rings. The van der Waals surface area contributed by atoms with Crippen molar-refractivity contribution in [1.29, 1.82) is 0 Å². The van der Waals surface area contributed by atoms with Crippen molar-refractivity contribution in [2.75, 3.05) is 6.61 Å². The van der Waals surface area contributed by atoms with Gasteiger partial charge in [0.1, 0.15) is 0 Å². The number of halogens is 2. The van der Waals surface area contributed by atoms with Crippen LogP contribution >= 0.6 is 0 Å². The largest absolute Gasteiger partial charge is 0.491 e. The monoisotopic (exact) mass is 340 g/mol. The van der Waals surface area contributed by atoms with E-state index in [0.717, 1.165) is 25.7 Å². The number of rotatable bonds is 7. The molecule has 1 aliphatic rings. The molecule has 0 amide bonds. The molecule has 5 heteroatoms. The first kappa shape index (κ1) is 18.7. The van der Waals surface area contributed by atoms with Crippen LogP contribution in [0, 0.1) is 23.5 Å². The maximum Gasteiger partial charge on any atom is 0.314 e. The minimum absolute atomic E-state index is 0.175. The second-order valence-electron chi connectivity index (χ2n) is 6.40. The van der Waals surface area contributed by atoms with Gasteiger partial charge in [-0.2, -0.15) is 8.78 Å². The average molecular weight is 340 g/mol. The molecule has 0 heterocycles. The summed E-state index contributed by atoms with van der Waals surface area (Å²) in [4.78, 5) is 12.2. The fourth-order valence-electron chi connectivity index (χ4n) is 3.23. The van der Waals surface area contributed by atoms with Crippen molar-refractivity contribution in [2.45, 2.75) is 58.8 Å². The lowest BCUT2D eigenvalue weighted by molar-refractivity contribution is -0.140. The van der Waals surface area contributed by atoms with Gasteiger partial charge in [0.2, 0.25) is 11.6 Å². The van der Waals surface area contributed by atoms with Gasteiger partial charge in [0.05, 0.1) is 12.5 Å². The first-order valence-corrected chi connectivity index (χ1v) is 8.89. The van der Waals surface area contributed by atoms with E-state index in [0.29, 0.717) is 5.92 Å². The summed E-state index contributed by atoms with van der Waals surface area (Å²) in [5.74, 6) is -2.85. The number of hydrogen-bond donors (Lipinski definition) is 0. The zero-order chi connectivity index (χ0) is 17.5. The summed E-state index contributed by atoms with van der Waals surface area (Å²) in [6.45, 7) is 4.09. The highest BCUT2D eigenvalue weighted by Gasteiger charge is 2.28. The molecule has 0 saturated heterocycles. The fraction of sp³-hybridized carbons (Fsp3) is 0.632. The van der Waals surface area contributed by atoms with Crippen LogP contribution in [0.1, 0.15) is 58.8 Å². The predicted molar refractivity (Wildman–Crippen MR) is 88.1 cm³/mol. The third kappa shape index (κ3) is 4.68. The normalized spacial score (nSPS) is 20.7. The lowest BCUT2D eigenvalue weighted by Crippen LogP contribution is -2.26. The molecule has 134 valence electrons. The van der Waals surface area contributed by atoms with Crippen LogP contribution in [-0.4, -0.2) is 12.6 Å². The molecule has 0 unspecified atom stereocenters. The van der Waals surface area contributed by atoms with Crippen LogP contribution < -0.4 is 9.47 Å². The fourth-order valence-corrected chi connectivity index (χ4v) is 3.23. The van der Waals surface area contributed by atoms with Gasteiger partial charge < -0.3 is 9.47 Å². The number of carbonyl (C=O) groups is 1. The van der Waals surface area contributed by atoms with E-state index >= 15 is 0 Å². The van der Waals surface area contributed by atoms with Crippen LogP contribution in [0.15, 0.2) is 12.1 Å². The Bertz CT molecular complexity index is 552. The molecule has 1 saturated carbocycles. The highest BCUT2D eigenvalue weighted by Crippen LogP contribution is 2.34. The van der Waals surface area contributed by atoms with E-state index < -0.39 is 17.6 Å². The van der Waals surface area contributed by atoms with E-state index in [9.17, 15) is 13.6 Å². The number of unbranched alkanes of at least 4 members (excludes halogenated alkanes) is 1. The summed E-state index contributed by atoms with van der Waals surface area (Å²) < 4.78 is 37.9. The van der Waals surface area contributed by atoms with E-state index in [2.05, 4.69) is 6.92 Å². The van der Waals surface area contributed by atoms with E-state index in [1.807, 2.05) is 0 Å². The molecule has 1 aromatic carbocycles. The topological polar surface area (TPSA) is 35.5 Å². The summed E-state index contributed by atoms with van der Waals surface area (Å²) in [6, 6.07) is 2.53. The second kappa shape index (κ2) is 9.00. The van der Waals surface area contributed by atoms with Crippen LogP contribution in [0.25, 0.3) is 0 Å². The first-order valence-electron chi connectivity index (χ1n) is 8.89. The number of benzene rings is 1. The van der Waals surface area contributed by atoms with Gasteiger partial charge in [-0.15, -0.1) is 0 Å². The van der Waals surface area contributed by atoms with Crippen molar-refractivity contribution in [1.82, 2.24) is 0 Å². The number of carbonyl (C=O) groups excluding carboxylic acids is 1. The Labute approximate surface area is 142 Å². The molecule has 0 bridgehead atoms. The van der Waals surface area contributed by atoms with Crippen LogP contribution in [0.2, 0.25) is 0 Å². The molecule has 0 spiro atoms. The van der Waals surface area contributed by atoms with Gasteiger partial charge in [-0.1, -0.05) is 26.2 Å². The van der Waals surface area contributed by atoms with Crippen LogP contribution in [0.4, 0.5) is 8.78 Å². The maximum absolute atomic E-state index is 14.0. The SMILES string of the molecule is CCCC[C@H]1CC[C@H](C(=O)Oc2ccc(OCC)c(F)c2F)CC1. The summed E-state index contributed by atoms with van der Waals surface area (Å²) in [6.07, 6.45) is 7.13. The minimum atomic E-state index is -1.18. The maximum atomic E-state index is 14.0. The van der Waals surface area contributed by atoms with Crippen molar-refractivity contribution in [3.63, 3.8) is 0 Å². The Kier molecular flexibility index (Phi) is 7.00. The molecular weight excluding hydrogens is 314 g/mol. The summed E-state index contributed by atoms with van der Waals surface area (Å²) in [5, 5.41) is 0. The zero-order valence-electron chi connectivity index (χ0n) is 14.4. The quantitative estimate of drug-likeness (QED) is 0.501. The molecule has 0 radical (unpaired) electrons. The average Bonchev–Trinajstić information content (AvgIpc) is 2.60. The molecule has 0 N–H and O–H groups in total. The summed E-state index contributed by atoms with van der Waals surface area (Å²) >= 11 is 0. The van der Waals surface area contributed by atoms with E-state index in [1.54, 1.807) is 6.92 Å². The Morgan fingerprint density at radius 1 is 1.08 bits per heavy atom. The Balaban J connectivity index is 1.92. The molecular formula is C19H26F2O3. The lowest BCUT2D eigenvalue weighted by Gasteiger charge is -2.27. The minimum Gasteiger partial charge on any atom is -0.491 e. The van der Waals surface area contributed by atoms with Crippen molar-refractivity contribution < 1.29 is 23.0 Å². The van der Waals surface area contributed by atoms with Gasteiger partial charge >= 0.3 is 5.97 Å². The molecule has 0 atom stereocenters. The highest BCUT2D eigenvalue weighted by molar-refractivity contribution is 5.75. The van der Waals surface area contributed by atoms with E-state index in [4.69, 9.17) is 9.47 Å². The third-order valence-corrected chi connectivity index (χ3v) is 4.67. The second-order valence-corrected chi connectivity index (χ2v) is 6.40. The standard InChI is InChI=1S/C19H26F2O3/c1-3-5-6-13-7-9-14(10-8-13)19(22)24-16-12-11-15(23-4-2)17(20)18(16)21/h11-14H,3-10H2,1-2H3/t13-,14-. The molecule has 1 aliphatic carbocycles. The van der Waals surface area contributed by atoms with Crippen molar-refractivity contribution >= 4 is 5.97 Å². The number of ether oxygens (including phenoxy) is 2. The van der Waals surface area contributed by atoms with Gasteiger partial charge in [0, 0.05) is 0 Å². The van der Waals surface area contributed by atoms with Crippen molar-refractivity contribution in [3.8, 4) is 11.5 Å².